The van der Waals surface area contributed by atoms with E-state index in [9.17, 15) is 0 Å². The fraction of sp³-hybridized carbons (Fsp3) is 0.455. The molecule has 6 heteroatoms. The van der Waals surface area contributed by atoms with E-state index in [-0.39, 0.29) is 24.0 Å². The van der Waals surface area contributed by atoms with E-state index in [0.29, 0.717) is 0 Å². The molecule has 2 heterocycles. The Hall–Kier alpha value is -1.83. The smallest absolute Gasteiger partial charge is 0.193 e. The van der Waals surface area contributed by atoms with Crippen molar-refractivity contribution in [1.82, 2.24) is 15.2 Å². The van der Waals surface area contributed by atoms with E-state index in [0.717, 1.165) is 45.1 Å². The third-order valence-corrected chi connectivity index (χ3v) is 5.52. The molecule has 1 saturated heterocycles. The average Bonchev–Trinajstić information content (AvgIpc) is 2.69. The Bertz CT molecular complexity index is 797. The van der Waals surface area contributed by atoms with Gasteiger partial charge in [0.2, 0.25) is 0 Å². The summed E-state index contributed by atoms with van der Waals surface area (Å²) in [5.41, 5.74) is 6.70. The van der Waals surface area contributed by atoms with Gasteiger partial charge >= 0.3 is 0 Å². The summed E-state index contributed by atoms with van der Waals surface area (Å²) < 4.78 is 0. The number of rotatable bonds is 4. The minimum absolute atomic E-state index is 0. The number of piperazine rings is 1. The van der Waals surface area contributed by atoms with Gasteiger partial charge in [0, 0.05) is 57.9 Å². The maximum Gasteiger partial charge on any atom is 0.193 e. The molecule has 1 aromatic carbocycles. The van der Waals surface area contributed by atoms with E-state index in [4.69, 9.17) is 0 Å². The molecule has 0 spiro atoms. The van der Waals surface area contributed by atoms with Crippen LogP contribution in [0, 0.1) is 20.8 Å². The first-order chi connectivity index (χ1) is 13.1. The zero-order valence-corrected chi connectivity index (χ0v) is 19.7. The van der Waals surface area contributed by atoms with Gasteiger partial charge in [0.15, 0.2) is 5.96 Å². The Morgan fingerprint density at radius 2 is 1.82 bits per heavy atom. The highest BCUT2D eigenvalue weighted by atomic mass is 127. The molecule has 0 amide bonds. The number of aryl methyl sites for hydroxylation is 2. The Labute approximate surface area is 186 Å². The number of nitrogens with one attached hydrogen (secondary N) is 1. The highest BCUT2D eigenvalue weighted by Crippen LogP contribution is 2.23. The molecule has 0 radical (unpaired) electrons. The normalized spacial score (nSPS) is 14.6. The van der Waals surface area contributed by atoms with Gasteiger partial charge in [0.05, 0.1) is 0 Å². The van der Waals surface area contributed by atoms with Gasteiger partial charge in [-0.05, 0) is 61.6 Å². The SMILES string of the molecule is CN=C(NCCc1ccncc1C)N1CCN(c2cccc(C)c2C)CC1.I. The molecule has 152 valence electrons. The van der Waals surface area contributed by atoms with Gasteiger partial charge in [-0.25, -0.2) is 0 Å². The second kappa shape index (κ2) is 10.6. The number of pyridine rings is 1. The van der Waals surface area contributed by atoms with E-state index >= 15 is 0 Å². The van der Waals surface area contributed by atoms with Crippen LogP contribution in [0.2, 0.25) is 0 Å². The first kappa shape index (κ1) is 22.5. The Kier molecular flexibility index (Phi) is 8.54. The first-order valence-electron chi connectivity index (χ1n) is 9.76. The van der Waals surface area contributed by atoms with E-state index in [1.165, 1.54) is 27.9 Å². The van der Waals surface area contributed by atoms with Crippen molar-refractivity contribution in [2.24, 2.45) is 4.99 Å². The first-order valence-corrected chi connectivity index (χ1v) is 9.76. The fourth-order valence-corrected chi connectivity index (χ4v) is 3.66. The zero-order valence-electron chi connectivity index (χ0n) is 17.4. The maximum absolute atomic E-state index is 4.50. The predicted molar refractivity (Wildman–Crippen MR) is 129 cm³/mol. The van der Waals surface area contributed by atoms with Crippen molar-refractivity contribution >= 4 is 35.6 Å². The van der Waals surface area contributed by atoms with Crippen molar-refractivity contribution in [2.45, 2.75) is 27.2 Å². The predicted octanol–water partition coefficient (Wildman–Crippen LogP) is 3.56. The molecule has 0 bridgehead atoms. The van der Waals surface area contributed by atoms with Crippen molar-refractivity contribution in [1.29, 1.82) is 0 Å². The number of aromatic nitrogens is 1. The average molecular weight is 493 g/mol. The van der Waals surface area contributed by atoms with Crippen LogP contribution in [0.25, 0.3) is 0 Å². The van der Waals surface area contributed by atoms with Crippen LogP contribution in [0.5, 0.6) is 0 Å². The lowest BCUT2D eigenvalue weighted by Gasteiger charge is -2.38. The zero-order chi connectivity index (χ0) is 19.2. The van der Waals surface area contributed by atoms with Gasteiger partial charge in [-0.2, -0.15) is 0 Å². The number of anilines is 1. The molecule has 1 aliphatic heterocycles. The largest absolute Gasteiger partial charge is 0.368 e. The molecule has 1 N–H and O–H groups in total. The molecule has 5 nitrogen and oxygen atoms in total. The minimum atomic E-state index is 0. The number of benzene rings is 1. The van der Waals surface area contributed by atoms with Crippen molar-refractivity contribution in [2.75, 3.05) is 44.7 Å². The highest BCUT2D eigenvalue weighted by molar-refractivity contribution is 14.0. The molecule has 0 unspecified atom stereocenters. The van der Waals surface area contributed by atoms with Crippen molar-refractivity contribution in [3.8, 4) is 0 Å². The summed E-state index contributed by atoms with van der Waals surface area (Å²) in [4.78, 5) is 13.5. The van der Waals surface area contributed by atoms with Crippen LogP contribution in [0.4, 0.5) is 5.69 Å². The molecule has 0 atom stereocenters. The molecule has 0 saturated carbocycles. The number of aliphatic imine (C=N–C) groups is 1. The highest BCUT2D eigenvalue weighted by Gasteiger charge is 2.20. The lowest BCUT2D eigenvalue weighted by atomic mass is 10.1. The Morgan fingerprint density at radius 3 is 2.50 bits per heavy atom. The number of nitrogens with zero attached hydrogens (tertiary/aromatic N) is 4. The van der Waals surface area contributed by atoms with Gasteiger partial charge in [0.25, 0.3) is 0 Å². The topological polar surface area (TPSA) is 43.8 Å². The van der Waals surface area contributed by atoms with Crippen LogP contribution < -0.4 is 10.2 Å². The van der Waals surface area contributed by atoms with Crippen LogP contribution in [0.3, 0.4) is 0 Å². The van der Waals surface area contributed by atoms with Crippen molar-refractivity contribution < 1.29 is 0 Å². The molecule has 1 aromatic heterocycles. The monoisotopic (exact) mass is 493 g/mol. The van der Waals surface area contributed by atoms with E-state index in [1.54, 1.807) is 0 Å². The van der Waals surface area contributed by atoms with Gasteiger partial charge in [-0.15, -0.1) is 24.0 Å². The second-order valence-electron chi connectivity index (χ2n) is 7.22. The minimum Gasteiger partial charge on any atom is -0.368 e. The summed E-state index contributed by atoms with van der Waals surface area (Å²) in [5, 5.41) is 3.53. The molecule has 1 aliphatic rings. The number of guanidine groups is 1. The number of halogens is 1. The lowest BCUT2D eigenvalue weighted by molar-refractivity contribution is 0.372. The van der Waals surface area contributed by atoms with Gasteiger partial charge < -0.3 is 15.1 Å². The van der Waals surface area contributed by atoms with E-state index < -0.39 is 0 Å². The molecule has 3 rings (SSSR count). The van der Waals surface area contributed by atoms with Gasteiger partial charge in [0.1, 0.15) is 0 Å². The molecular weight excluding hydrogens is 461 g/mol. The van der Waals surface area contributed by atoms with Crippen LogP contribution in [0.1, 0.15) is 22.3 Å². The fourth-order valence-electron chi connectivity index (χ4n) is 3.66. The standard InChI is InChI=1S/C22H31N5.HI/c1-17-6-5-7-21(19(17)3)26-12-14-27(15-13-26)22(23-4)25-11-9-20-8-10-24-16-18(20)2;/h5-8,10,16H,9,11-15H2,1-4H3,(H,23,25);1H. The van der Waals surface area contributed by atoms with Crippen molar-refractivity contribution in [3.63, 3.8) is 0 Å². The Balaban J connectivity index is 0.00000280. The van der Waals surface area contributed by atoms with Crippen molar-refractivity contribution in [3.05, 3.63) is 58.9 Å². The summed E-state index contributed by atoms with van der Waals surface area (Å²) in [6, 6.07) is 8.68. The van der Waals surface area contributed by atoms with Crippen LogP contribution >= 0.6 is 24.0 Å². The third kappa shape index (κ3) is 5.37. The molecule has 1 fully saturated rings. The molecule has 2 aromatic rings. The second-order valence-corrected chi connectivity index (χ2v) is 7.22. The Morgan fingerprint density at radius 1 is 1.07 bits per heavy atom. The summed E-state index contributed by atoms with van der Waals surface area (Å²) >= 11 is 0. The summed E-state index contributed by atoms with van der Waals surface area (Å²) in [5.74, 6) is 1.00. The van der Waals surface area contributed by atoms with E-state index in [1.807, 2.05) is 19.4 Å². The summed E-state index contributed by atoms with van der Waals surface area (Å²) in [6.07, 6.45) is 4.77. The quantitative estimate of drug-likeness (QED) is 0.402. The third-order valence-electron chi connectivity index (χ3n) is 5.52. The number of hydrogen-bond acceptors (Lipinski definition) is 3. The molecular formula is C22H32IN5. The summed E-state index contributed by atoms with van der Waals surface area (Å²) in [7, 11) is 1.87. The molecule has 0 aliphatic carbocycles. The number of hydrogen-bond donors (Lipinski definition) is 1. The summed E-state index contributed by atoms with van der Waals surface area (Å²) in [6.45, 7) is 11.4. The van der Waals surface area contributed by atoms with Gasteiger partial charge in [-0.3, -0.25) is 9.98 Å². The lowest BCUT2D eigenvalue weighted by Crippen LogP contribution is -2.53. The van der Waals surface area contributed by atoms with E-state index in [2.05, 4.69) is 70.1 Å². The van der Waals surface area contributed by atoms with Crippen LogP contribution in [-0.4, -0.2) is 55.6 Å². The van der Waals surface area contributed by atoms with Crippen LogP contribution in [0.15, 0.2) is 41.7 Å². The maximum atomic E-state index is 4.50. The molecule has 28 heavy (non-hydrogen) atoms. The van der Waals surface area contributed by atoms with Gasteiger partial charge in [-0.1, -0.05) is 12.1 Å². The van der Waals surface area contributed by atoms with Crippen LogP contribution in [-0.2, 0) is 6.42 Å².